The number of nitrogens with one attached hydrogen (secondary N) is 2. The maximum Gasteiger partial charge on any atom is 0.317 e. The van der Waals surface area contributed by atoms with Crippen molar-refractivity contribution < 1.29 is 9.90 Å². The number of nitrogens with zero attached hydrogens (tertiary/aromatic N) is 1. The monoisotopic (exact) mass is 329 g/mol. The zero-order valence-electron chi connectivity index (χ0n) is 14.3. The van der Waals surface area contributed by atoms with Crippen LogP contribution in [0.3, 0.4) is 0 Å². The molecule has 0 bridgehead atoms. The smallest absolute Gasteiger partial charge is 0.317 e. The average Bonchev–Trinajstić information content (AvgIpc) is 3.04. The lowest BCUT2D eigenvalue weighted by atomic mass is 9.86. The number of amides is 2. The highest BCUT2D eigenvalue weighted by Gasteiger charge is 2.25. The molecule has 2 amide bonds. The van der Waals surface area contributed by atoms with Gasteiger partial charge in [-0.1, -0.05) is 18.2 Å². The summed E-state index contributed by atoms with van der Waals surface area (Å²) >= 11 is 0. The summed E-state index contributed by atoms with van der Waals surface area (Å²) in [4.78, 5) is 17.4. The fourth-order valence-corrected chi connectivity index (χ4v) is 3.65. The molecule has 0 aliphatic heterocycles. The summed E-state index contributed by atoms with van der Waals surface area (Å²) < 4.78 is 0. The van der Waals surface area contributed by atoms with Gasteiger partial charge in [0.1, 0.15) is 0 Å². The Balaban J connectivity index is 1.47. The van der Waals surface area contributed by atoms with Crippen molar-refractivity contribution >= 4 is 16.9 Å². The van der Waals surface area contributed by atoms with Crippen molar-refractivity contribution in [2.75, 3.05) is 20.2 Å². The van der Waals surface area contributed by atoms with E-state index in [-0.39, 0.29) is 12.6 Å². The van der Waals surface area contributed by atoms with Gasteiger partial charge in [0.25, 0.3) is 0 Å². The minimum absolute atomic E-state index is 0.00212. The highest BCUT2D eigenvalue weighted by Crippen LogP contribution is 2.26. The third-order valence-corrected chi connectivity index (χ3v) is 5.29. The van der Waals surface area contributed by atoms with E-state index in [1.54, 1.807) is 0 Å². The third kappa shape index (κ3) is 3.73. The summed E-state index contributed by atoms with van der Waals surface area (Å²) in [6, 6.07) is 8.52. The Morgan fingerprint density at radius 1 is 1.29 bits per heavy atom. The van der Waals surface area contributed by atoms with Crippen molar-refractivity contribution in [3.05, 3.63) is 36.0 Å². The van der Waals surface area contributed by atoms with Crippen LogP contribution in [0.2, 0.25) is 0 Å². The van der Waals surface area contributed by atoms with Crippen LogP contribution in [0, 0.1) is 5.92 Å². The first-order chi connectivity index (χ1) is 11.7. The minimum atomic E-state index is 0.00212. The number of carbonyl (C=O) groups is 1. The molecule has 3 rings (SSSR count). The standard InChI is InChI=1S/C19H27N3O2/c1-22(16-8-6-14(13-23)7-9-16)19(24)20-11-10-15-12-21-18-5-3-2-4-17(15)18/h2-5,12,14,16,21,23H,6-11,13H2,1H3,(H,20,24). The van der Waals surface area contributed by atoms with Gasteiger partial charge in [-0.25, -0.2) is 4.79 Å². The van der Waals surface area contributed by atoms with Crippen LogP contribution in [0.25, 0.3) is 10.9 Å². The SMILES string of the molecule is CN(C(=O)NCCc1c[nH]c2ccccc12)C1CCC(CO)CC1. The number of benzene rings is 1. The molecular formula is C19H27N3O2. The number of H-pyrrole nitrogens is 1. The lowest BCUT2D eigenvalue weighted by Gasteiger charge is -2.34. The predicted molar refractivity (Wildman–Crippen MR) is 96.0 cm³/mol. The molecule has 24 heavy (non-hydrogen) atoms. The summed E-state index contributed by atoms with van der Waals surface area (Å²) in [6.45, 7) is 0.907. The fourth-order valence-electron chi connectivity index (χ4n) is 3.65. The summed E-state index contributed by atoms with van der Waals surface area (Å²) in [5, 5.41) is 13.5. The second kappa shape index (κ2) is 7.71. The molecule has 5 nitrogen and oxygen atoms in total. The van der Waals surface area contributed by atoms with Crippen LogP contribution < -0.4 is 5.32 Å². The van der Waals surface area contributed by atoms with Crippen LogP contribution in [0.15, 0.2) is 30.5 Å². The molecule has 1 saturated carbocycles. The van der Waals surface area contributed by atoms with Crippen LogP contribution in [0.5, 0.6) is 0 Å². The third-order valence-electron chi connectivity index (χ3n) is 5.29. The Kier molecular flexibility index (Phi) is 5.41. The number of fused-ring (bicyclic) bond motifs is 1. The molecule has 0 radical (unpaired) electrons. The van der Waals surface area contributed by atoms with Crippen LogP contribution in [0.1, 0.15) is 31.2 Å². The van der Waals surface area contributed by atoms with Crippen LogP contribution in [-0.2, 0) is 6.42 Å². The van der Waals surface area contributed by atoms with Gasteiger partial charge in [-0.3, -0.25) is 0 Å². The zero-order valence-corrected chi connectivity index (χ0v) is 14.3. The summed E-state index contributed by atoms with van der Waals surface area (Å²) in [5.41, 5.74) is 2.37. The van der Waals surface area contributed by atoms with Crippen molar-refractivity contribution in [3.63, 3.8) is 0 Å². The molecule has 1 aliphatic carbocycles. The minimum Gasteiger partial charge on any atom is -0.396 e. The Morgan fingerprint density at radius 2 is 2.04 bits per heavy atom. The van der Waals surface area contributed by atoms with E-state index in [1.165, 1.54) is 10.9 Å². The molecular weight excluding hydrogens is 302 g/mol. The molecule has 1 aromatic carbocycles. The summed E-state index contributed by atoms with van der Waals surface area (Å²) in [7, 11) is 1.88. The first-order valence-corrected chi connectivity index (χ1v) is 8.85. The van der Waals surface area contributed by atoms with Gasteiger partial charge in [0.15, 0.2) is 0 Å². The molecule has 1 aliphatic rings. The van der Waals surface area contributed by atoms with E-state index in [0.29, 0.717) is 18.5 Å². The molecule has 0 unspecified atom stereocenters. The number of aliphatic hydroxyl groups excluding tert-OH is 1. The van der Waals surface area contributed by atoms with Crippen LogP contribution in [-0.4, -0.2) is 47.3 Å². The van der Waals surface area contributed by atoms with Crippen molar-refractivity contribution in [1.82, 2.24) is 15.2 Å². The van der Waals surface area contributed by atoms with E-state index in [4.69, 9.17) is 0 Å². The summed E-state index contributed by atoms with van der Waals surface area (Å²) in [6.07, 6.45) is 6.83. The first-order valence-electron chi connectivity index (χ1n) is 8.85. The number of rotatable bonds is 5. The number of hydrogen-bond donors (Lipinski definition) is 3. The van der Waals surface area contributed by atoms with Crippen molar-refractivity contribution in [2.45, 2.75) is 38.1 Å². The molecule has 1 fully saturated rings. The van der Waals surface area contributed by atoms with Crippen LogP contribution >= 0.6 is 0 Å². The number of carbonyl (C=O) groups excluding carboxylic acids is 1. The largest absolute Gasteiger partial charge is 0.396 e. The molecule has 3 N–H and O–H groups in total. The Bertz CT molecular complexity index is 674. The Morgan fingerprint density at radius 3 is 2.79 bits per heavy atom. The second-order valence-electron chi connectivity index (χ2n) is 6.81. The predicted octanol–water partition coefficient (Wildman–Crippen LogP) is 2.90. The highest BCUT2D eigenvalue weighted by molar-refractivity contribution is 5.83. The zero-order chi connectivity index (χ0) is 16.9. The van der Waals surface area contributed by atoms with Gasteiger partial charge in [0.2, 0.25) is 0 Å². The normalized spacial score (nSPS) is 20.9. The maximum atomic E-state index is 12.3. The number of hydrogen-bond acceptors (Lipinski definition) is 2. The van der Waals surface area contributed by atoms with Crippen LogP contribution in [0.4, 0.5) is 4.79 Å². The Hall–Kier alpha value is -2.01. The highest BCUT2D eigenvalue weighted by atomic mass is 16.3. The van der Waals surface area contributed by atoms with E-state index in [1.807, 2.05) is 30.3 Å². The molecule has 1 heterocycles. The number of aromatic amines is 1. The molecule has 0 atom stereocenters. The molecule has 1 aromatic heterocycles. The second-order valence-corrected chi connectivity index (χ2v) is 6.81. The number of para-hydroxylation sites is 1. The number of urea groups is 1. The lowest BCUT2D eigenvalue weighted by molar-refractivity contribution is 0.134. The van der Waals surface area contributed by atoms with Crippen molar-refractivity contribution in [3.8, 4) is 0 Å². The van der Waals surface area contributed by atoms with E-state index in [0.717, 1.165) is 37.6 Å². The van der Waals surface area contributed by atoms with Gasteiger partial charge >= 0.3 is 6.03 Å². The van der Waals surface area contributed by atoms with Gasteiger partial charge < -0.3 is 20.3 Å². The first kappa shape index (κ1) is 16.8. The fraction of sp³-hybridized carbons (Fsp3) is 0.526. The Labute approximate surface area is 143 Å². The maximum absolute atomic E-state index is 12.3. The van der Waals surface area contributed by atoms with E-state index in [9.17, 15) is 9.90 Å². The molecule has 0 saturated heterocycles. The van der Waals surface area contributed by atoms with Crippen molar-refractivity contribution in [2.24, 2.45) is 5.92 Å². The lowest BCUT2D eigenvalue weighted by Crippen LogP contribution is -2.45. The summed E-state index contributed by atoms with van der Waals surface area (Å²) in [5.74, 6) is 0.416. The van der Waals surface area contributed by atoms with E-state index >= 15 is 0 Å². The topological polar surface area (TPSA) is 68.4 Å². The number of aromatic nitrogens is 1. The molecule has 130 valence electrons. The van der Waals surface area contributed by atoms with Gasteiger partial charge in [-0.05, 0) is 49.7 Å². The van der Waals surface area contributed by atoms with Gasteiger partial charge in [-0.2, -0.15) is 0 Å². The molecule has 2 aromatic rings. The molecule has 0 spiro atoms. The van der Waals surface area contributed by atoms with E-state index < -0.39 is 0 Å². The van der Waals surface area contributed by atoms with Gasteiger partial charge in [0, 0.05) is 43.3 Å². The number of aliphatic hydroxyl groups is 1. The molecule has 5 heteroatoms. The van der Waals surface area contributed by atoms with Crippen molar-refractivity contribution in [1.29, 1.82) is 0 Å². The van der Waals surface area contributed by atoms with E-state index in [2.05, 4.69) is 22.4 Å². The van der Waals surface area contributed by atoms with Gasteiger partial charge in [-0.15, -0.1) is 0 Å². The average molecular weight is 329 g/mol. The quantitative estimate of drug-likeness (QED) is 0.789. The van der Waals surface area contributed by atoms with Gasteiger partial charge in [0.05, 0.1) is 0 Å².